The summed E-state index contributed by atoms with van der Waals surface area (Å²) in [5.74, 6) is -0.365. The van der Waals surface area contributed by atoms with Gasteiger partial charge in [-0.15, -0.1) is 22.7 Å². The summed E-state index contributed by atoms with van der Waals surface area (Å²) < 4.78 is 29.6. The van der Waals surface area contributed by atoms with E-state index in [2.05, 4.69) is 16.7 Å². The molecule has 1 N–H and O–H groups in total. The molecule has 0 spiro atoms. The average molecular weight is 599 g/mol. The maximum atomic E-state index is 13.3. The molecule has 3 aliphatic rings. The number of piperidine rings is 1. The predicted molar refractivity (Wildman–Crippen MR) is 152 cm³/mol. The molecule has 5 rings (SSSR count). The summed E-state index contributed by atoms with van der Waals surface area (Å²) in [5.41, 5.74) is 0. The fourth-order valence-corrected chi connectivity index (χ4v) is 9.61. The molecular weight excluding hydrogens is 564 g/mol. The molecule has 1 saturated carbocycles. The van der Waals surface area contributed by atoms with Crippen LogP contribution in [0, 0.1) is 0 Å². The van der Waals surface area contributed by atoms with Gasteiger partial charge in [0.05, 0.1) is 10.9 Å². The number of carbonyl (C=O) groups is 2. The zero-order chi connectivity index (χ0) is 26.9. The first kappa shape index (κ1) is 28.0. The van der Waals surface area contributed by atoms with Crippen molar-refractivity contribution in [3.8, 4) is 9.75 Å². The number of halogens is 1. The van der Waals surface area contributed by atoms with Gasteiger partial charge >= 0.3 is 0 Å². The molecule has 4 heterocycles. The SMILES string of the molecule is CN(C[C@@H]1CCCN1C(=O)CN1CCC[C@H](NS(=O)(=O)c2ccc(-c3ccc(Cl)s3)s2)C1=O)C1CCCC1. The van der Waals surface area contributed by atoms with E-state index in [0.29, 0.717) is 29.8 Å². The second-order valence-electron chi connectivity index (χ2n) is 10.6. The van der Waals surface area contributed by atoms with Gasteiger partial charge in [0, 0.05) is 41.5 Å². The number of nitrogens with zero attached hydrogens (tertiary/aromatic N) is 3. The number of rotatable bonds is 9. The molecular formula is C26H35ClN4O4S3. The van der Waals surface area contributed by atoms with Gasteiger partial charge < -0.3 is 14.7 Å². The molecule has 2 aliphatic heterocycles. The first-order chi connectivity index (χ1) is 18.2. The Hall–Kier alpha value is -1.50. The van der Waals surface area contributed by atoms with Crippen LogP contribution in [0.5, 0.6) is 0 Å². The maximum absolute atomic E-state index is 13.3. The lowest BCUT2D eigenvalue weighted by Gasteiger charge is -2.35. The van der Waals surface area contributed by atoms with Crippen LogP contribution >= 0.6 is 34.3 Å². The quantitative estimate of drug-likeness (QED) is 0.466. The lowest BCUT2D eigenvalue weighted by Crippen LogP contribution is -2.55. The molecule has 0 aromatic carbocycles. The van der Waals surface area contributed by atoms with E-state index in [9.17, 15) is 18.0 Å². The molecule has 38 heavy (non-hydrogen) atoms. The Bertz CT molecular complexity index is 1260. The Morgan fingerprint density at radius 2 is 1.74 bits per heavy atom. The third-order valence-electron chi connectivity index (χ3n) is 7.96. The fraction of sp³-hybridized carbons (Fsp3) is 0.615. The van der Waals surface area contributed by atoms with E-state index in [1.807, 2.05) is 11.0 Å². The van der Waals surface area contributed by atoms with Crippen LogP contribution < -0.4 is 4.72 Å². The van der Waals surface area contributed by atoms with Gasteiger partial charge in [0.25, 0.3) is 10.0 Å². The minimum atomic E-state index is -3.88. The highest BCUT2D eigenvalue weighted by molar-refractivity contribution is 7.91. The van der Waals surface area contributed by atoms with E-state index in [1.54, 1.807) is 18.2 Å². The summed E-state index contributed by atoms with van der Waals surface area (Å²) in [5, 5.41) is 0. The van der Waals surface area contributed by atoms with E-state index in [-0.39, 0.29) is 28.6 Å². The first-order valence-electron chi connectivity index (χ1n) is 13.4. The highest BCUT2D eigenvalue weighted by Gasteiger charge is 2.37. The predicted octanol–water partition coefficient (Wildman–Crippen LogP) is 4.26. The minimum Gasteiger partial charge on any atom is -0.337 e. The molecule has 2 atom stereocenters. The lowest BCUT2D eigenvalue weighted by atomic mass is 10.1. The van der Waals surface area contributed by atoms with Gasteiger partial charge in [-0.3, -0.25) is 9.59 Å². The lowest BCUT2D eigenvalue weighted by molar-refractivity contribution is -0.143. The van der Waals surface area contributed by atoms with Gasteiger partial charge in [-0.05, 0) is 69.8 Å². The van der Waals surface area contributed by atoms with Gasteiger partial charge in [-0.2, -0.15) is 4.72 Å². The second kappa shape index (κ2) is 11.9. The largest absolute Gasteiger partial charge is 0.337 e. The van der Waals surface area contributed by atoms with Crippen molar-refractivity contribution in [2.75, 3.05) is 33.2 Å². The summed E-state index contributed by atoms with van der Waals surface area (Å²) in [4.78, 5) is 34.1. The van der Waals surface area contributed by atoms with Crippen molar-refractivity contribution in [2.24, 2.45) is 0 Å². The minimum absolute atomic E-state index is 0.00297. The van der Waals surface area contributed by atoms with Crippen LogP contribution in [0.15, 0.2) is 28.5 Å². The second-order valence-corrected chi connectivity index (χ2v) is 15.3. The zero-order valence-electron chi connectivity index (χ0n) is 21.6. The third-order valence-corrected chi connectivity index (χ3v) is 12.4. The Kier molecular flexibility index (Phi) is 8.81. The molecule has 0 unspecified atom stereocenters. The topological polar surface area (TPSA) is 90.0 Å². The number of sulfonamides is 1. The van der Waals surface area contributed by atoms with Crippen LogP contribution in [0.2, 0.25) is 4.34 Å². The standard InChI is InChI=1S/C26H35ClN4O4S3/c1-29(18-6-2-3-7-18)16-19-8-4-15-31(19)24(32)17-30-14-5-9-20(26(30)33)28-38(34,35)25-13-11-22(37-25)21-10-12-23(27)36-21/h10-13,18-20,28H,2-9,14-17H2,1H3/t19-,20-/m0/s1. The number of amides is 2. The Balaban J connectivity index is 1.19. The molecule has 2 aromatic heterocycles. The number of likely N-dealkylation sites (N-methyl/N-ethyl adjacent to an activating group) is 1. The van der Waals surface area contributed by atoms with E-state index in [4.69, 9.17) is 11.6 Å². The van der Waals surface area contributed by atoms with E-state index < -0.39 is 16.1 Å². The van der Waals surface area contributed by atoms with Gasteiger partial charge in [0.15, 0.2) is 0 Å². The number of likely N-dealkylation sites (tertiary alicyclic amines) is 2. The molecule has 12 heteroatoms. The van der Waals surface area contributed by atoms with Crippen LogP contribution in [-0.4, -0.2) is 86.3 Å². The van der Waals surface area contributed by atoms with Gasteiger partial charge in [-0.1, -0.05) is 24.4 Å². The molecule has 2 aromatic rings. The van der Waals surface area contributed by atoms with Crippen LogP contribution in [0.25, 0.3) is 9.75 Å². The Morgan fingerprint density at radius 3 is 2.47 bits per heavy atom. The van der Waals surface area contributed by atoms with Crippen LogP contribution in [0.3, 0.4) is 0 Å². The van der Waals surface area contributed by atoms with Crippen molar-refractivity contribution in [3.05, 3.63) is 28.6 Å². The molecule has 3 fully saturated rings. The molecule has 0 radical (unpaired) electrons. The van der Waals surface area contributed by atoms with Crippen molar-refractivity contribution in [3.63, 3.8) is 0 Å². The molecule has 8 nitrogen and oxygen atoms in total. The maximum Gasteiger partial charge on any atom is 0.250 e. The van der Waals surface area contributed by atoms with E-state index in [1.165, 1.54) is 41.9 Å². The number of hydrogen-bond acceptors (Lipinski definition) is 7. The normalized spacial score (nSPS) is 23.2. The molecule has 1 aliphatic carbocycles. The summed E-state index contributed by atoms with van der Waals surface area (Å²) in [6, 6.07) is 6.86. The molecule has 2 saturated heterocycles. The summed E-state index contributed by atoms with van der Waals surface area (Å²) >= 11 is 8.56. The fourth-order valence-electron chi connectivity index (χ4n) is 5.93. The molecule has 2 amide bonds. The van der Waals surface area contributed by atoms with E-state index >= 15 is 0 Å². The monoisotopic (exact) mass is 598 g/mol. The van der Waals surface area contributed by atoms with Crippen molar-refractivity contribution < 1.29 is 18.0 Å². The third kappa shape index (κ3) is 6.28. The summed E-state index contributed by atoms with van der Waals surface area (Å²) in [6.45, 7) is 2.05. The summed E-state index contributed by atoms with van der Waals surface area (Å²) in [6.07, 6.45) is 8.04. The van der Waals surface area contributed by atoms with Crippen molar-refractivity contribution in [1.82, 2.24) is 19.4 Å². The van der Waals surface area contributed by atoms with Crippen molar-refractivity contribution in [1.29, 1.82) is 0 Å². The van der Waals surface area contributed by atoms with Gasteiger partial charge in [0.1, 0.15) is 10.3 Å². The highest BCUT2D eigenvalue weighted by Crippen LogP contribution is 2.37. The van der Waals surface area contributed by atoms with Crippen molar-refractivity contribution in [2.45, 2.75) is 73.7 Å². The van der Waals surface area contributed by atoms with Gasteiger partial charge in [-0.25, -0.2) is 8.42 Å². The van der Waals surface area contributed by atoms with Crippen molar-refractivity contribution >= 4 is 56.1 Å². The highest BCUT2D eigenvalue weighted by atomic mass is 35.5. The average Bonchev–Trinajstić information content (AvgIpc) is 3.68. The van der Waals surface area contributed by atoms with Crippen LogP contribution in [0.4, 0.5) is 0 Å². The van der Waals surface area contributed by atoms with Crippen LogP contribution in [0.1, 0.15) is 51.4 Å². The zero-order valence-corrected chi connectivity index (χ0v) is 24.8. The number of nitrogens with one attached hydrogen (secondary N) is 1. The molecule has 208 valence electrons. The van der Waals surface area contributed by atoms with E-state index in [0.717, 1.165) is 47.0 Å². The molecule has 0 bridgehead atoms. The number of thiophene rings is 2. The Labute approximate surface area is 238 Å². The number of hydrogen-bond donors (Lipinski definition) is 1. The van der Waals surface area contributed by atoms with Crippen LogP contribution in [-0.2, 0) is 19.6 Å². The van der Waals surface area contributed by atoms with Gasteiger partial charge in [0.2, 0.25) is 11.8 Å². The smallest absolute Gasteiger partial charge is 0.250 e. The summed E-state index contributed by atoms with van der Waals surface area (Å²) in [7, 11) is -1.72. The Morgan fingerprint density at radius 1 is 1.03 bits per heavy atom. The first-order valence-corrected chi connectivity index (χ1v) is 16.9. The number of carbonyl (C=O) groups excluding carboxylic acids is 2.